The molecule has 1 aromatic carbocycles. The number of esters is 2. The van der Waals surface area contributed by atoms with Crippen LogP contribution in [0.15, 0.2) is 30.3 Å². The van der Waals surface area contributed by atoms with Crippen molar-refractivity contribution in [3.63, 3.8) is 0 Å². The molecule has 148 valence electrons. The Kier molecular flexibility index (Phi) is 8.53. The van der Waals surface area contributed by atoms with Crippen molar-refractivity contribution >= 4 is 40.2 Å². The number of benzene rings is 1. The van der Waals surface area contributed by atoms with E-state index in [1.165, 1.54) is 26.0 Å². The van der Waals surface area contributed by atoms with Crippen LogP contribution >= 0.6 is 24.0 Å². The van der Waals surface area contributed by atoms with Crippen LogP contribution in [0.5, 0.6) is 0 Å². The van der Waals surface area contributed by atoms with Crippen LogP contribution in [-0.2, 0) is 19.1 Å². The summed E-state index contributed by atoms with van der Waals surface area (Å²) in [6.07, 6.45) is 0.266. The van der Waals surface area contributed by atoms with Gasteiger partial charge in [0.2, 0.25) is 0 Å². The predicted octanol–water partition coefficient (Wildman–Crippen LogP) is 2.35. The third-order valence-electron chi connectivity index (χ3n) is 4.60. The Hall–Kier alpha value is -1.64. The summed E-state index contributed by atoms with van der Waals surface area (Å²) in [5.41, 5.74) is 1.01. The van der Waals surface area contributed by atoms with Crippen LogP contribution in [0.25, 0.3) is 0 Å². The zero-order valence-electron chi connectivity index (χ0n) is 15.9. The number of nitrogens with zero attached hydrogens (tertiary/aromatic N) is 2. The van der Waals surface area contributed by atoms with Crippen LogP contribution in [0, 0.1) is 5.92 Å². The molecule has 6 nitrogen and oxygen atoms in total. The summed E-state index contributed by atoms with van der Waals surface area (Å²) in [5, 5.41) is -0.151. The van der Waals surface area contributed by atoms with Gasteiger partial charge >= 0.3 is 11.9 Å². The van der Waals surface area contributed by atoms with E-state index in [-0.39, 0.29) is 11.7 Å². The number of thiocarbonyl (C=S) groups is 1. The Morgan fingerprint density at radius 2 is 1.63 bits per heavy atom. The number of hydrogen-bond donors (Lipinski definition) is 0. The van der Waals surface area contributed by atoms with Crippen molar-refractivity contribution in [3.05, 3.63) is 35.9 Å². The van der Waals surface area contributed by atoms with E-state index in [9.17, 15) is 9.59 Å². The maximum atomic E-state index is 12.1. The number of methoxy groups -OCH3 is 2. The highest BCUT2D eigenvalue weighted by molar-refractivity contribution is 8.23. The summed E-state index contributed by atoms with van der Waals surface area (Å²) in [4.78, 5) is 28.7. The lowest BCUT2D eigenvalue weighted by atomic mass is 9.99. The van der Waals surface area contributed by atoms with Gasteiger partial charge in [-0.1, -0.05) is 54.3 Å². The molecule has 1 saturated heterocycles. The second-order valence-electron chi connectivity index (χ2n) is 6.41. The van der Waals surface area contributed by atoms with Gasteiger partial charge in [-0.3, -0.25) is 9.59 Å². The quantitative estimate of drug-likeness (QED) is 0.402. The number of likely N-dealkylation sites (N-methyl/N-ethyl adjacent to an activating group) is 1. The van der Waals surface area contributed by atoms with Gasteiger partial charge in [-0.25, -0.2) is 0 Å². The molecule has 0 bridgehead atoms. The summed E-state index contributed by atoms with van der Waals surface area (Å²) in [6.45, 7) is 3.68. The molecule has 2 rings (SSSR count). The molecule has 1 aliphatic heterocycles. The van der Waals surface area contributed by atoms with Gasteiger partial charge in [-0.15, -0.1) is 0 Å². The fourth-order valence-corrected chi connectivity index (χ4v) is 4.58. The van der Waals surface area contributed by atoms with Crippen LogP contribution in [0.4, 0.5) is 0 Å². The Morgan fingerprint density at radius 1 is 1.07 bits per heavy atom. The summed E-state index contributed by atoms with van der Waals surface area (Å²) in [6, 6.07) is 9.77. The molecule has 27 heavy (non-hydrogen) atoms. The van der Waals surface area contributed by atoms with Gasteiger partial charge in [0.1, 0.15) is 4.32 Å². The van der Waals surface area contributed by atoms with E-state index in [1.54, 1.807) is 0 Å². The summed E-state index contributed by atoms with van der Waals surface area (Å²) in [5.74, 6) is -2.16. The normalized spacial score (nSPS) is 16.1. The molecule has 0 radical (unpaired) electrons. The Labute approximate surface area is 170 Å². The largest absolute Gasteiger partial charge is 0.468 e. The molecule has 1 unspecified atom stereocenters. The van der Waals surface area contributed by atoms with Crippen molar-refractivity contribution in [3.8, 4) is 0 Å². The van der Waals surface area contributed by atoms with Crippen molar-refractivity contribution in [1.29, 1.82) is 0 Å². The molecule has 1 aromatic rings. The maximum Gasteiger partial charge on any atom is 0.320 e. The Morgan fingerprint density at radius 3 is 2.15 bits per heavy atom. The first kappa shape index (κ1) is 21.7. The lowest BCUT2D eigenvalue weighted by Gasteiger charge is -2.35. The second kappa shape index (κ2) is 10.6. The third-order valence-corrected chi connectivity index (χ3v) is 6.35. The smallest absolute Gasteiger partial charge is 0.320 e. The lowest BCUT2D eigenvalue weighted by Crippen LogP contribution is -2.46. The van der Waals surface area contributed by atoms with E-state index >= 15 is 0 Å². The molecule has 0 aromatic heterocycles. The van der Waals surface area contributed by atoms with Crippen molar-refractivity contribution in [2.75, 3.05) is 47.4 Å². The van der Waals surface area contributed by atoms with E-state index in [0.717, 1.165) is 36.1 Å². The average Bonchev–Trinajstić information content (AvgIpc) is 2.70. The van der Waals surface area contributed by atoms with Crippen LogP contribution in [-0.4, -0.2) is 73.5 Å². The number of carbonyl (C=O) groups excluding carboxylic acids is 2. The zero-order chi connectivity index (χ0) is 19.8. The monoisotopic (exact) mass is 410 g/mol. The van der Waals surface area contributed by atoms with E-state index in [0.29, 0.717) is 0 Å². The van der Waals surface area contributed by atoms with Gasteiger partial charge in [0.25, 0.3) is 0 Å². The molecule has 0 N–H and O–H groups in total. The zero-order valence-corrected chi connectivity index (χ0v) is 17.6. The Balaban J connectivity index is 2.17. The van der Waals surface area contributed by atoms with Crippen LogP contribution in [0.3, 0.4) is 0 Å². The van der Waals surface area contributed by atoms with Crippen LogP contribution < -0.4 is 0 Å². The maximum absolute atomic E-state index is 12.1. The molecule has 1 aliphatic rings. The van der Waals surface area contributed by atoms with Gasteiger partial charge in [0.15, 0.2) is 5.92 Å². The molecule has 1 heterocycles. The fourth-order valence-electron chi connectivity index (χ4n) is 2.89. The number of hydrogen-bond acceptors (Lipinski definition) is 7. The minimum atomic E-state index is -0.979. The SMILES string of the molecule is COC(=O)C(CC(SC(=S)N1CCN(C)CC1)c1ccccc1)C(=O)OC. The molecule has 0 amide bonds. The molecule has 0 aliphatic carbocycles. The first-order chi connectivity index (χ1) is 13.0. The molecule has 8 heteroatoms. The lowest BCUT2D eigenvalue weighted by molar-refractivity contribution is -0.159. The molecule has 0 spiro atoms. The van der Waals surface area contributed by atoms with E-state index in [1.807, 2.05) is 30.3 Å². The second-order valence-corrected chi connectivity index (χ2v) is 8.24. The van der Waals surface area contributed by atoms with E-state index in [2.05, 4.69) is 16.8 Å². The molecule has 0 saturated carbocycles. The van der Waals surface area contributed by atoms with E-state index in [4.69, 9.17) is 21.7 Å². The van der Waals surface area contributed by atoms with Crippen LogP contribution in [0.2, 0.25) is 0 Å². The molecule has 1 atom stereocenters. The number of carbonyl (C=O) groups is 2. The Bertz CT molecular complexity index is 632. The summed E-state index contributed by atoms with van der Waals surface area (Å²) >= 11 is 7.18. The molecular formula is C19H26N2O4S2. The highest BCUT2D eigenvalue weighted by Crippen LogP contribution is 2.37. The number of thioether (sulfide) groups is 1. The highest BCUT2D eigenvalue weighted by atomic mass is 32.2. The van der Waals surface area contributed by atoms with Gasteiger partial charge in [-0.2, -0.15) is 0 Å². The molecular weight excluding hydrogens is 384 g/mol. The highest BCUT2D eigenvalue weighted by Gasteiger charge is 2.33. The predicted molar refractivity (Wildman–Crippen MR) is 111 cm³/mol. The topological polar surface area (TPSA) is 59.1 Å². The van der Waals surface area contributed by atoms with Crippen molar-refractivity contribution in [1.82, 2.24) is 9.80 Å². The number of ether oxygens (including phenoxy) is 2. The summed E-state index contributed by atoms with van der Waals surface area (Å²) in [7, 11) is 4.65. The van der Waals surface area contributed by atoms with Crippen molar-refractivity contribution in [2.24, 2.45) is 5.92 Å². The first-order valence-corrected chi connectivity index (χ1v) is 10.1. The third kappa shape index (κ3) is 6.19. The fraction of sp³-hybridized carbons (Fsp3) is 0.526. The number of rotatable bonds is 6. The van der Waals surface area contributed by atoms with Crippen LogP contribution in [0.1, 0.15) is 17.2 Å². The standard InChI is InChI=1S/C19H26N2O4S2/c1-20-9-11-21(12-10-20)19(26)27-16(14-7-5-4-6-8-14)13-15(17(22)24-2)18(23)25-3/h4-8,15-16H,9-13H2,1-3H3. The first-order valence-electron chi connectivity index (χ1n) is 8.81. The molecule has 1 fully saturated rings. The van der Waals surface area contributed by atoms with Gasteiger partial charge in [0, 0.05) is 31.4 Å². The van der Waals surface area contributed by atoms with E-state index < -0.39 is 17.9 Å². The van der Waals surface area contributed by atoms with Gasteiger partial charge in [0.05, 0.1) is 14.2 Å². The van der Waals surface area contributed by atoms with Gasteiger partial charge in [-0.05, 0) is 19.0 Å². The minimum absolute atomic E-state index is 0.151. The minimum Gasteiger partial charge on any atom is -0.468 e. The van der Waals surface area contributed by atoms with Gasteiger partial charge < -0.3 is 19.3 Å². The summed E-state index contributed by atoms with van der Waals surface area (Å²) < 4.78 is 10.4. The van der Waals surface area contributed by atoms with Crippen molar-refractivity contribution in [2.45, 2.75) is 11.7 Å². The number of piperazine rings is 1. The average molecular weight is 411 g/mol. The van der Waals surface area contributed by atoms with Crippen molar-refractivity contribution < 1.29 is 19.1 Å².